The summed E-state index contributed by atoms with van der Waals surface area (Å²) in [6, 6.07) is 13.9. The van der Waals surface area contributed by atoms with Crippen molar-refractivity contribution in [2.75, 3.05) is 11.8 Å². The minimum absolute atomic E-state index is 0.0451. The molecule has 2 aromatic carbocycles. The number of ether oxygens (including phenoxy) is 1. The van der Waals surface area contributed by atoms with E-state index in [0.717, 1.165) is 0 Å². The molecule has 0 atom stereocenters. The first-order valence-electron chi connectivity index (χ1n) is 7.96. The molecule has 0 bridgehead atoms. The molecule has 0 radical (unpaired) electrons. The maximum atomic E-state index is 12.8. The number of hydrogen-bond acceptors (Lipinski definition) is 6. The smallest absolute Gasteiger partial charge is 0.336 e. The van der Waals surface area contributed by atoms with E-state index < -0.39 is 15.6 Å². The Morgan fingerprint density at radius 2 is 1.93 bits per heavy atom. The number of rotatable bonds is 4. The highest BCUT2D eigenvalue weighted by Crippen LogP contribution is 2.31. The van der Waals surface area contributed by atoms with E-state index in [9.17, 15) is 13.2 Å². The van der Waals surface area contributed by atoms with Gasteiger partial charge in [0.1, 0.15) is 11.3 Å². The van der Waals surface area contributed by atoms with Crippen LogP contribution in [-0.2, 0) is 10.0 Å². The molecular weight excluding hydrogens is 368 g/mol. The van der Waals surface area contributed by atoms with E-state index in [2.05, 4.69) is 9.71 Å². The van der Waals surface area contributed by atoms with E-state index in [0.29, 0.717) is 33.3 Å². The number of benzene rings is 2. The molecule has 4 aromatic rings. The Labute approximate surface area is 154 Å². The lowest BCUT2D eigenvalue weighted by molar-refractivity contribution is 0.420. The fourth-order valence-corrected chi connectivity index (χ4v) is 3.93. The van der Waals surface area contributed by atoms with Crippen molar-refractivity contribution in [1.29, 1.82) is 0 Å². The molecule has 27 heavy (non-hydrogen) atoms. The minimum atomic E-state index is -3.88. The fourth-order valence-electron chi connectivity index (χ4n) is 2.83. The third-order valence-electron chi connectivity index (χ3n) is 4.09. The largest absolute Gasteiger partial charge is 0.496 e. The molecular formula is C19H14N2O5S. The SMILES string of the molecule is COc1ccc(NS(=O)(=O)c2ccc3oc(=O)ccc3c2)c2ncccc12. The Bertz CT molecular complexity index is 1330. The number of hydrogen-bond donors (Lipinski definition) is 1. The van der Waals surface area contributed by atoms with Crippen molar-refractivity contribution in [3.63, 3.8) is 0 Å². The molecule has 0 saturated heterocycles. The minimum Gasteiger partial charge on any atom is -0.496 e. The molecule has 0 unspecified atom stereocenters. The van der Waals surface area contributed by atoms with Gasteiger partial charge in [0.25, 0.3) is 10.0 Å². The van der Waals surface area contributed by atoms with Crippen LogP contribution in [0.15, 0.2) is 74.9 Å². The zero-order valence-corrected chi connectivity index (χ0v) is 15.0. The average molecular weight is 382 g/mol. The maximum absolute atomic E-state index is 12.8. The van der Waals surface area contributed by atoms with E-state index >= 15 is 0 Å². The second-order valence-electron chi connectivity index (χ2n) is 5.77. The van der Waals surface area contributed by atoms with Gasteiger partial charge in [0.15, 0.2) is 0 Å². The van der Waals surface area contributed by atoms with Gasteiger partial charge in [0.05, 0.1) is 23.2 Å². The topological polar surface area (TPSA) is 98.5 Å². The number of pyridine rings is 1. The van der Waals surface area contributed by atoms with Gasteiger partial charge in [-0.3, -0.25) is 9.71 Å². The van der Waals surface area contributed by atoms with Crippen LogP contribution in [0.4, 0.5) is 5.69 Å². The molecule has 2 heterocycles. The lowest BCUT2D eigenvalue weighted by Crippen LogP contribution is -2.13. The molecule has 136 valence electrons. The van der Waals surface area contributed by atoms with Crippen molar-refractivity contribution >= 4 is 37.6 Å². The van der Waals surface area contributed by atoms with Crippen LogP contribution in [0, 0.1) is 0 Å². The van der Waals surface area contributed by atoms with Crippen LogP contribution in [0.2, 0.25) is 0 Å². The first-order chi connectivity index (χ1) is 13.0. The van der Waals surface area contributed by atoms with Crippen molar-refractivity contribution < 1.29 is 17.6 Å². The molecule has 8 heteroatoms. The van der Waals surface area contributed by atoms with E-state index in [1.165, 1.54) is 30.3 Å². The third kappa shape index (κ3) is 3.11. The summed E-state index contributed by atoms with van der Waals surface area (Å²) in [5.74, 6) is 0.599. The number of nitrogens with zero attached hydrogens (tertiary/aromatic N) is 1. The number of anilines is 1. The van der Waals surface area contributed by atoms with E-state index in [4.69, 9.17) is 9.15 Å². The molecule has 1 N–H and O–H groups in total. The Kier molecular flexibility index (Phi) is 4.04. The van der Waals surface area contributed by atoms with Gasteiger partial charge in [-0.25, -0.2) is 13.2 Å². The Hall–Kier alpha value is -3.39. The standard InChI is InChI=1S/C19H14N2O5S/c1-25-17-8-6-15(19-14(17)3-2-10-20-19)21-27(23,24)13-5-7-16-12(11-13)4-9-18(22)26-16/h2-11,21H,1H3. The molecule has 2 aromatic heterocycles. The highest BCUT2D eigenvalue weighted by Gasteiger charge is 2.18. The first kappa shape index (κ1) is 17.0. The van der Waals surface area contributed by atoms with Gasteiger partial charge < -0.3 is 9.15 Å². The van der Waals surface area contributed by atoms with Gasteiger partial charge in [-0.1, -0.05) is 0 Å². The van der Waals surface area contributed by atoms with Crippen molar-refractivity contribution in [1.82, 2.24) is 4.98 Å². The second kappa shape index (κ2) is 6.40. The van der Waals surface area contributed by atoms with Gasteiger partial charge in [-0.15, -0.1) is 0 Å². The van der Waals surface area contributed by atoms with Gasteiger partial charge >= 0.3 is 5.63 Å². The summed E-state index contributed by atoms with van der Waals surface area (Å²) in [7, 11) is -2.34. The van der Waals surface area contributed by atoms with Crippen LogP contribution in [0.5, 0.6) is 5.75 Å². The van der Waals surface area contributed by atoms with Crippen LogP contribution < -0.4 is 15.1 Å². The number of aromatic nitrogens is 1. The zero-order valence-electron chi connectivity index (χ0n) is 14.2. The predicted molar refractivity (Wildman–Crippen MR) is 102 cm³/mol. The highest BCUT2D eigenvalue weighted by molar-refractivity contribution is 7.92. The molecule has 0 fully saturated rings. The average Bonchev–Trinajstić information content (AvgIpc) is 2.67. The number of methoxy groups -OCH3 is 1. The molecule has 0 spiro atoms. The van der Waals surface area contributed by atoms with Crippen molar-refractivity contribution in [3.8, 4) is 5.75 Å². The molecule has 0 saturated carbocycles. The lowest BCUT2D eigenvalue weighted by Gasteiger charge is -2.12. The molecule has 0 aliphatic rings. The first-order valence-corrected chi connectivity index (χ1v) is 9.45. The van der Waals surface area contributed by atoms with Crippen molar-refractivity contribution in [3.05, 3.63) is 71.2 Å². The van der Waals surface area contributed by atoms with Gasteiger partial charge in [0, 0.05) is 23.0 Å². The van der Waals surface area contributed by atoms with Gasteiger partial charge in [-0.05, 0) is 48.5 Å². The Morgan fingerprint density at radius 3 is 2.74 bits per heavy atom. The molecule has 0 aliphatic carbocycles. The van der Waals surface area contributed by atoms with Crippen LogP contribution >= 0.6 is 0 Å². The Morgan fingerprint density at radius 1 is 1.07 bits per heavy atom. The normalized spacial score (nSPS) is 11.6. The summed E-state index contributed by atoms with van der Waals surface area (Å²) in [6.45, 7) is 0. The number of sulfonamides is 1. The van der Waals surface area contributed by atoms with Crippen molar-refractivity contribution in [2.45, 2.75) is 4.90 Å². The van der Waals surface area contributed by atoms with Crippen molar-refractivity contribution in [2.24, 2.45) is 0 Å². The van der Waals surface area contributed by atoms with Crippen LogP contribution in [0.25, 0.3) is 21.9 Å². The monoisotopic (exact) mass is 382 g/mol. The summed E-state index contributed by atoms with van der Waals surface area (Å²) in [5, 5.41) is 1.20. The van der Waals surface area contributed by atoms with E-state index in [1.807, 2.05) is 0 Å². The summed E-state index contributed by atoms with van der Waals surface area (Å²) in [4.78, 5) is 15.6. The van der Waals surface area contributed by atoms with Crippen LogP contribution in [0.3, 0.4) is 0 Å². The summed E-state index contributed by atoms with van der Waals surface area (Å²) in [5.41, 5.74) is 0.642. The molecule has 0 aliphatic heterocycles. The van der Waals surface area contributed by atoms with E-state index in [1.54, 1.807) is 37.6 Å². The highest BCUT2D eigenvalue weighted by atomic mass is 32.2. The van der Waals surface area contributed by atoms with Crippen LogP contribution in [0.1, 0.15) is 0 Å². The molecule has 4 rings (SSSR count). The second-order valence-corrected chi connectivity index (χ2v) is 7.46. The van der Waals surface area contributed by atoms with Gasteiger partial charge in [0.2, 0.25) is 0 Å². The van der Waals surface area contributed by atoms with E-state index in [-0.39, 0.29) is 4.90 Å². The fraction of sp³-hybridized carbons (Fsp3) is 0.0526. The quantitative estimate of drug-likeness (QED) is 0.545. The predicted octanol–water partition coefficient (Wildman–Crippen LogP) is 3.15. The lowest BCUT2D eigenvalue weighted by atomic mass is 10.2. The summed E-state index contributed by atoms with van der Waals surface area (Å²) >= 11 is 0. The Balaban J connectivity index is 1.79. The maximum Gasteiger partial charge on any atom is 0.336 e. The third-order valence-corrected chi connectivity index (χ3v) is 5.46. The summed E-state index contributed by atoms with van der Waals surface area (Å²) in [6.07, 6.45) is 1.58. The van der Waals surface area contributed by atoms with Gasteiger partial charge in [-0.2, -0.15) is 0 Å². The number of fused-ring (bicyclic) bond motifs is 2. The van der Waals surface area contributed by atoms with Crippen LogP contribution in [-0.4, -0.2) is 20.5 Å². The summed E-state index contributed by atoms with van der Waals surface area (Å²) < 4.78 is 38.6. The number of nitrogens with one attached hydrogen (secondary N) is 1. The molecule has 0 amide bonds. The molecule has 7 nitrogen and oxygen atoms in total. The zero-order chi connectivity index (χ0) is 19.0.